The maximum Gasteiger partial charge on any atom is 0.149 e. The van der Waals surface area contributed by atoms with Crippen molar-refractivity contribution in [2.45, 2.75) is 112 Å². The second-order valence-corrected chi connectivity index (χ2v) is 12.3. The number of Topliss-reactive ketones (excluding diaryl/α,β-unsaturated/α-hetero) is 1. The number of carbonyl (C=O) groups is 1. The van der Waals surface area contributed by atoms with Gasteiger partial charge in [-0.2, -0.15) is 0 Å². The van der Waals surface area contributed by atoms with Crippen LogP contribution in [-0.4, -0.2) is 5.78 Å². The van der Waals surface area contributed by atoms with Crippen LogP contribution in [0, 0.1) is 34.5 Å². The molecule has 1 spiro atoms. The van der Waals surface area contributed by atoms with Crippen molar-refractivity contribution in [3.8, 4) is 0 Å². The lowest BCUT2D eigenvalue weighted by Crippen LogP contribution is -2.51. The molecule has 6 aliphatic carbocycles. The lowest BCUT2D eigenvalue weighted by atomic mass is 9.47. The summed E-state index contributed by atoms with van der Waals surface area (Å²) in [5, 5.41) is 0. The van der Waals surface area contributed by atoms with Crippen molar-refractivity contribution in [2.75, 3.05) is 0 Å². The largest absolute Gasteiger partial charge is 0.298 e. The van der Waals surface area contributed by atoms with E-state index in [2.05, 4.69) is 52.8 Å². The Morgan fingerprint density at radius 2 is 1.33 bits per heavy atom. The van der Waals surface area contributed by atoms with Gasteiger partial charge >= 0.3 is 0 Å². The van der Waals surface area contributed by atoms with Crippen molar-refractivity contribution in [1.29, 1.82) is 0 Å². The highest BCUT2D eigenvalue weighted by Crippen LogP contribution is 2.62. The lowest BCUT2D eigenvalue weighted by Gasteiger charge is -2.56. The molecule has 0 N–H and O–H groups in total. The maximum atomic E-state index is 14.2. The molecule has 4 saturated carbocycles. The molecule has 0 aromatic carbocycles. The van der Waals surface area contributed by atoms with Crippen LogP contribution in [0.2, 0.25) is 0 Å². The minimum atomic E-state index is -0.0506. The lowest BCUT2D eigenvalue weighted by molar-refractivity contribution is -0.145. The third kappa shape index (κ3) is 3.51. The molecular weight excluding hydrogens is 400 g/mol. The summed E-state index contributed by atoms with van der Waals surface area (Å²) in [6, 6.07) is 0. The van der Waals surface area contributed by atoms with E-state index in [9.17, 15) is 4.79 Å². The topological polar surface area (TPSA) is 17.1 Å². The van der Waals surface area contributed by atoms with Crippen LogP contribution in [0.5, 0.6) is 0 Å². The fourth-order valence-electron chi connectivity index (χ4n) is 9.42. The third-order valence-electron chi connectivity index (χ3n) is 10.1. The van der Waals surface area contributed by atoms with E-state index in [0.717, 1.165) is 30.6 Å². The third-order valence-corrected chi connectivity index (χ3v) is 10.1. The number of carbonyl (C=O) groups excluding carboxylic acids is 1. The fraction of sp³-hybridized carbons (Fsp3) is 0.719. The number of hydrogen-bond donors (Lipinski definition) is 0. The average Bonchev–Trinajstić information content (AvgIpc) is 3.01. The molecule has 4 bridgehead atoms. The zero-order valence-corrected chi connectivity index (χ0v) is 21.9. The zero-order valence-electron chi connectivity index (χ0n) is 21.9. The van der Waals surface area contributed by atoms with E-state index in [-0.39, 0.29) is 16.7 Å². The summed E-state index contributed by atoms with van der Waals surface area (Å²) in [5.74, 6) is 3.07. The summed E-state index contributed by atoms with van der Waals surface area (Å²) in [4.78, 5) is 14.2. The minimum Gasteiger partial charge on any atom is -0.298 e. The highest BCUT2D eigenvalue weighted by atomic mass is 16.1. The summed E-state index contributed by atoms with van der Waals surface area (Å²) >= 11 is 0. The molecule has 6 aliphatic rings. The van der Waals surface area contributed by atoms with Gasteiger partial charge in [0.1, 0.15) is 5.78 Å². The molecule has 1 atom stereocenters. The molecule has 6 rings (SSSR count). The van der Waals surface area contributed by atoms with E-state index in [1.807, 2.05) is 0 Å². The average molecular weight is 447 g/mol. The SMILES string of the molecule is CCCC1=C(CC)C(CC)=C(CCC)C12C=CC(C(=O)C13CC4CC(CC(C4)C1)C3)C(C)=C2. The molecule has 180 valence electrons. The summed E-state index contributed by atoms with van der Waals surface area (Å²) in [7, 11) is 0. The molecule has 1 unspecified atom stereocenters. The van der Waals surface area contributed by atoms with E-state index in [1.54, 1.807) is 22.3 Å². The molecule has 0 heterocycles. The normalized spacial score (nSPS) is 36.3. The number of hydrogen-bond acceptors (Lipinski definition) is 1. The molecule has 1 nitrogen and oxygen atoms in total. The number of ketones is 1. The minimum absolute atomic E-state index is 0.00757. The Morgan fingerprint density at radius 1 is 0.848 bits per heavy atom. The van der Waals surface area contributed by atoms with E-state index >= 15 is 0 Å². The Kier molecular flexibility index (Phi) is 6.16. The standard InChI is InChI=1S/C32H46O/c1-6-10-28-25(8-3)26(9-4)29(11-7-2)32(28)13-12-27(21(5)17-32)30(33)31-18-22-14-23(19-31)16-24(15-22)20-31/h12-13,17,22-24,27H,6-11,14-16,18-20H2,1-5H3. The van der Waals surface area contributed by atoms with Crippen molar-refractivity contribution < 1.29 is 4.79 Å². The summed E-state index contributed by atoms with van der Waals surface area (Å²) in [6.07, 6.45) is 22.2. The van der Waals surface area contributed by atoms with E-state index in [1.165, 1.54) is 69.8 Å². The van der Waals surface area contributed by atoms with Crippen LogP contribution >= 0.6 is 0 Å². The van der Waals surface area contributed by atoms with Crippen molar-refractivity contribution in [3.63, 3.8) is 0 Å². The Bertz CT molecular complexity index is 870. The van der Waals surface area contributed by atoms with Gasteiger partial charge in [-0.3, -0.25) is 4.79 Å². The highest BCUT2D eigenvalue weighted by molar-refractivity contribution is 5.92. The first kappa shape index (κ1) is 23.4. The summed E-state index contributed by atoms with van der Waals surface area (Å²) in [5.41, 5.74) is 7.81. The van der Waals surface area contributed by atoms with Crippen molar-refractivity contribution in [3.05, 3.63) is 46.1 Å². The van der Waals surface area contributed by atoms with Crippen LogP contribution in [0.25, 0.3) is 0 Å². The quantitative estimate of drug-likeness (QED) is 0.340. The predicted molar refractivity (Wildman–Crippen MR) is 139 cm³/mol. The fourth-order valence-corrected chi connectivity index (χ4v) is 9.42. The Labute approximate surface area is 202 Å². The van der Waals surface area contributed by atoms with Gasteiger partial charge in [-0.1, -0.05) is 64.3 Å². The van der Waals surface area contributed by atoms with Crippen LogP contribution in [0.15, 0.2) is 46.1 Å². The van der Waals surface area contributed by atoms with Crippen LogP contribution in [0.4, 0.5) is 0 Å². The molecule has 0 aromatic heterocycles. The zero-order chi connectivity index (χ0) is 23.4. The van der Waals surface area contributed by atoms with Gasteiger partial charge in [-0.25, -0.2) is 0 Å². The van der Waals surface area contributed by atoms with Crippen LogP contribution in [0.3, 0.4) is 0 Å². The molecule has 0 saturated heterocycles. The molecule has 0 aliphatic heterocycles. The molecule has 0 amide bonds. The Hall–Kier alpha value is -1.37. The smallest absolute Gasteiger partial charge is 0.149 e. The first-order chi connectivity index (χ1) is 15.9. The van der Waals surface area contributed by atoms with Gasteiger partial charge in [-0.05, 0) is 111 Å². The van der Waals surface area contributed by atoms with Gasteiger partial charge in [0.2, 0.25) is 0 Å². The van der Waals surface area contributed by atoms with E-state index < -0.39 is 0 Å². The van der Waals surface area contributed by atoms with Gasteiger partial charge in [0.05, 0.1) is 5.92 Å². The molecule has 0 aromatic rings. The van der Waals surface area contributed by atoms with Crippen molar-refractivity contribution in [1.82, 2.24) is 0 Å². The van der Waals surface area contributed by atoms with Gasteiger partial charge in [0, 0.05) is 10.8 Å². The van der Waals surface area contributed by atoms with Crippen molar-refractivity contribution >= 4 is 5.78 Å². The maximum absolute atomic E-state index is 14.2. The summed E-state index contributed by atoms with van der Waals surface area (Å²) in [6.45, 7) is 11.6. The van der Waals surface area contributed by atoms with Crippen LogP contribution in [-0.2, 0) is 4.79 Å². The summed E-state index contributed by atoms with van der Waals surface area (Å²) < 4.78 is 0. The van der Waals surface area contributed by atoms with Gasteiger partial charge in [-0.15, -0.1) is 0 Å². The predicted octanol–water partition coefficient (Wildman–Crippen LogP) is 8.92. The first-order valence-electron chi connectivity index (χ1n) is 14.3. The van der Waals surface area contributed by atoms with Crippen molar-refractivity contribution in [2.24, 2.45) is 34.5 Å². The Balaban J connectivity index is 1.51. The molecule has 33 heavy (non-hydrogen) atoms. The van der Waals surface area contributed by atoms with E-state index in [0.29, 0.717) is 5.78 Å². The van der Waals surface area contributed by atoms with Gasteiger partial charge in [0.15, 0.2) is 0 Å². The first-order valence-corrected chi connectivity index (χ1v) is 14.3. The molecule has 4 fully saturated rings. The highest BCUT2D eigenvalue weighted by Gasteiger charge is 2.56. The van der Waals surface area contributed by atoms with Gasteiger partial charge in [0.25, 0.3) is 0 Å². The second-order valence-electron chi connectivity index (χ2n) is 12.3. The van der Waals surface area contributed by atoms with E-state index in [4.69, 9.17) is 0 Å². The van der Waals surface area contributed by atoms with Crippen LogP contribution in [0.1, 0.15) is 112 Å². The monoisotopic (exact) mass is 446 g/mol. The van der Waals surface area contributed by atoms with Gasteiger partial charge < -0.3 is 0 Å². The molecule has 0 radical (unpaired) electrons. The molecular formula is C32H46O. The van der Waals surface area contributed by atoms with Crippen LogP contribution < -0.4 is 0 Å². The number of rotatable bonds is 8. The molecule has 1 heteroatoms. The Morgan fingerprint density at radius 3 is 1.73 bits per heavy atom. The number of allylic oxidation sites excluding steroid dienone is 8. The second kappa shape index (κ2) is 8.69.